The molecule has 0 aromatic rings. The number of nitrogens with zero attached hydrogens (tertiary/aromatic N) is 2. The van der Waals surface area contributed by atoms with Crippen LogP contribution in [0.3, 0.4) is 0 Å². The molecule has 0 aromatic carbocycles. The van der Waals surface area contributed by atoms with Crippen molar-refractivity contribution in [2.45, 2.75) is 53.4 Å². The zero-order valence-corrected chi connectivity index (χ0v) is 18.1. The van der Waals surface area contributed by atoms with Crippen LogP contribution < -0.4 is 10.6 Å². The molecule has 1 amide bonds. The van der Waals surface area contributed by atoms with Crippen LogP contribution in [0.4, 0.5) is 0 Å². The summed E-state index contributed by atoms with van der Waals surface area (Å²) in [4.78, 5) is 19.4. The van der Waals surface area contributed by atoms with E-state index in [4.69, 9.17) is 4.99 Å². The molecule has 2 unspecified atom stereocenters. The van der Waals surface area contributed by atoms with Gasteiger partial charge in [-0.05, 0) is 52.4 Å². The van der Waals surface area contributed by atoms with Crippen LogP contribution in [0, 0.1) is 17.3 Å². The van der Waals surface area contributed by atoms with E-state index >= 15 is 0 Å². The average Bonchev–Trinajstić information content (AvgIpc) is 2.95. The summed E-state index contributed by atoms with van der Waals surface area (Å²) in [5.74, 6) is 2.74. The van der Waals surface area contributed by atoms with E-state index in [9.17, 15) is 4.79 Å². The number of likely N-dealkylation sites (tertiary alicyclic amines) is 1. The maximum absolute atomic E-state index is 12.1. The molecule has 2 N–H and O–H groups in total. The molecule has 0 spiro atoms. The summed E-state index contributed by atoms with van der Waals surface area (Å²) in [7, 11) is 0. The number of hydrogen-bond donors (Lipinski definition) is 2. The Morgan fingerprint density at radius 2 is 1.62 bits per heavy atom. The molecule has 140 valence electrons. The fourth-order valence-electron chi connectivity index (χ4n) is 3.75. The van der Waals surface area contributed by atoms with Crippen LogP contribution in [0.2, 0.25) is 0 Å². The van der Waals surface area contributed by atoms with Gasteiger partial charge in [0.05, 0.1) is 12.0 Å². The smallest absolute Gasteiger partial charge is 0.227 e. The van der Waals surface area contributed by atoms with Crippen molar-refractivity contribution >= 4 is 35.8 Å². The molecule has 24 heavy (non-hydrogen) atoms. The number of carbonyl (C=O) groups excluding carboxylic acids is 1. The number of halogens is 1. The van der Waals surface area contributed by atoms with E-state index in [1.807, 2.05) is 20.8 Å². The molecule has 1 aliphatic carbocycles. The number of hydrogen-bond acceptors (Lipinski definition) is 2. The molecular weight excluding hydrogens is 415 g/mol. The number of fused-ring (bicyclic) bond motifs is 1. The van der Waals surface area contributed by atoms with Gasteiger partial charge in [-0.25, -0.2) is 0 Å². The van der Waals surface area contributed by atoms with Gasteiger partial charge in [0.25, 0.3) is 0 Å². The minimum absolute atomic E-state index is 0. The van der Waals surface area contributed by atoms with Gasteiger partial charge >= 0.3 is 0 Å². The van der Waals surface area contributed by atoms with Gasteiger partial charge in [-0.1, -0.05) is 12.8 Å². The first-order valence-electron chi connectivity index (χ1n) is 9.29. The molecular formula is C18H35IN4O. The van der Waals surface area contributed by atoms with Gasteiger partial charge < -0.3 is 15.5 Å². The van der Waals surface area contributed by atoms with Gasteiger partial charge in [-0.3, -0.25) is 9.79 Å². The Morgan fingerprint density at radius 1 is 1.08 bits per heavy atom. The van der Waals surface area contributed by atoms with Crippen LogP contribution in [-0.4, -0.2) is 49.5 Å². The van der Waals surface area contributed by atoms with Crippen molar-refractivity contribution in [2.75, 3.05) is 32.7 Å². The number of guanidine groups is 1. The summed E-state index contributed by atoms with van der Waals surface area (Å²) in [6.45, 7) is 12.3. The minimum Gasteiger partial charge on any atom is -0.357 e. The lowest BCUT2D eigenvalue weighted by Gasteiger charge is -2.25. The molecule has 0 bridgehead atoms. The monoisotopic (exact) mass is 450 g/mol. The van der Waals surface area contributed by atoms with Crippen molar-refractivity contribution in [3.8, 4) is 0 Å². The summed E-state index contributed by atoms with van der Waals surface area (Å²) in [5, 5.41) is 6.33. The second kappa shape index (κ2) is 9.82. The van der Waals surface area contributed by atoms with Gasteiger partial charge in [0, 0.05) is 26.2 Å². The lowest BCUT2D eigenvalue weighted by Crippen LogP contribution is -2.43. The fraction of sp³-hybridized carbons (Fsp3) is 0.889. The summed E-state index contributed by atoms with van der Waals surface area (Å²) < 4.78 is 0. The van der Waals surface area contributed by atoms with Crippen molar-refractivity contribution in [1.29, 1.82) is 0 Å². The highest BCUT2D eigenvalue weighted by atomic mass is 127. The Kier molecular flexibility index (Phi) is 8.81. The van der Waals surface area contributed by atoms with E-state index in [2.05, 4.69) is 22.5 Å². The Morgan fingerprint density at radius 3 is 2.12 bits per heavy atom. The van der Waals surface area contributed by atoms with Crippen molar-refractivity contribution in [2.24, 2.45) is 22.2 Å². The lowest BCUT2D eigenvalue weighted by atomic mass is 9.82. The normalized spacial score (nSPS) is 24.2. The number of amides is 1. The molecule has 5 nitrogen and oxygen atoms in total. The van der Waals surface area contributed by atoms with Crippen molar-refractivity contribution in [3.63, 3.8) is 0 Å². The molecule has 1 heterocycles. The molecule has 1 saturated heterocycles. The van der Waals surface area contributed by atoms with E-state index in [-0.39, 0.29) is 29.9 Å². The maximum atomic E-state index is 12.1. The Labute approximate surface area is 164 Å². The number of rotatable bonds is 5. The van der Waals surface area contributed by atoms with E-state index in [0.717, 1.165) is 37.4 Å². The summed E-state index contributed by atoms with van der Waals surface area (Å²) in [6.07, 6.45) is 5.50. The Balaban J connectivity index is 0.00000288. The predicted molar refractivity (Wildman–Crippen MR) is 111 cm³/mol. The van der Waals surface area contributed by atoms with Crippen molar-refractivity contribution < 1.29 is 4.79 Å². The molecule has 0 aromatic heterocycles. The van der Waals surface area contributed by atoms with E-state index in [1.54, 1.807) is 0 Å². The third-order valence-electron chi connectivity index (χ3n) is 5.19. The third kappa shape index (κ3) is 5.49. The second-order valence-corrected chi connectivity index (χ2v) is 7.62. The highest BCUT2D eigenvalue weighted by Gasteiger charge is 2.36. The lowest BCUT2D eigenvalue weighted by molar-refractivity contribution is -0.128. The molecule has 6 heteroatoms. The van der Waals surface area contributed by atoms with Crippen LogP contribution >= 0.6 is 24.0 Å². The van der Waals surface area contributed by atoms with E-state index < -0.39 is 5.41 Å². The van der Waals surface area contributed by atoms with Crippen LogP contribution in [0.15, 0.2) is 4.99 Å². The zero-order chi connectivity index (χ0) is 16.9. The summed E-state index contributed by atoms with van der Waals surface area (Å²) in [6, 6.07) is 0. The van der Waals surface area contributed by atoms with Crippen LogP contribution in [0.5, 0.6) is 0 Å². The molecule has 2 fully saturated rings. The van der Waals surface area contributed by atoms with Gasteiger partial charge in [0.15, 0.2) is 5.96 Å². The molecule has 2 aliphatic rings. The van der Waals surface area contributed by atoms with Crippen LogP contribution in [0.1, 0.15) is 53.4 Å². The van der Waals surface area contributed by atoms with Gasteiger partial charge in [0.1, 0.15) is 0 Å². The summed E-state index contributed by atoms with van der Waals surface area (Å²) >= 11 is 0. The molecule has 1 saturated carbocycles. The Bertz CT molecular complexity index is 425. The van der Waals surface area contributed by atoms with Crippen LogP contribution in [-0.2, 0) is 4.79 Å². The quantitative estimate of drug-likeness (QED) is 0.385. The first kappa shape index (κ1) is 21.5. The average molecular weight is 450 g/mol. The summed E-state index contributed by atoms with van der Waals surface area (Å²) in [5.41, 5.74) is -0.469. The molecule has 1 aliphatic heterocycles. The highest BCUT2D eigenvalue weighted by molar-refractivity contribution is 14.0. The topological polar surface area (TPSA) is 56.7 Å². The Hall–Kier alpha value is -0.530. The molecule has 2 rings (SSSR count). The van der Waals surface area contributed by atoms with Crippen LogP contribution in [0.25, 0.3) is 0 Å². The molecule has 0 radical (unpaired) electrons. The van der Waals surface area contributed by atoms with Crippen molar-refractivity contribution in [3.05, 3.63) is 0 Å². The molecule has 2 atom stereocenters. The number of nitrogens with one attached hydrogen (secondary N) is 2. The zero-order valence-electron chi connectivity index (χ0n) is 15.7. The van der Waals surface area contributed by atoms with Crippen molar-refractivity contribution in [1.82, 2.24) is 15.5 Å². The fourth-order valence-corrected chi connectivity index (χ4v) is 3.75. The SMILES string of the molecule is CCNC(=O)C(C)(C)CN=C(NCC)N1CC2CCCCC2C1.I. The standard InChI is InChI=1S/C18H34N4O.HI/c1-5-19-16(23)18(3,4)13-21-17(20-6-2)22-11-14-9-7-8-10-15(14)12-22;/h14-15H,5-13H2,1-4H3,(H,19,23)(H,20,21);1H. The minimum atomic E-state index is -0.469. The van der Waals surface area contributed by atoms with Gasteiger partial charge in [0.2, 0.25) is 5.91 Å². The maximum Gasteiger partial charge on any atom is 0.227 e. The third-order valence-corrected chi connectivity index (χ3v) is 5.19. The van der Waals surface area contributed by atoms with E-state index in [0.29, 0.717) is 13.1 Å². The van der Waals surface area contributed by atoms with Gasteiger partial charge in [-0.2, -0.15) is 0 Å². The predicted octanol–water partition coefficient (Wildman–Crippen LogP) is 2.85. The second-order valence-electron chi connectivity index (χ2n) is 7.62. The highest BCUT2D eigenvalue weighted by Crippen LogP contribution is 2.36. The largest absolute Gasteiger partial charge is 0.357 e. The first-order chi connectivity index (χ1) is 11.0. The van der Waals surface area contributed by atoms with E-state index in [1.165, 1.54) is 25.7 Å². The van der Waals surface area contributed by atoms with Gasteiger partial charge in [-0.15, -0.1) is 24.0 Å². The number of aliphatic imine (C=N–C) groups is 1. The first-order valence-corrected chi connectivity index (χ1v) is 9.29. The number of carbonyl (C=O) groups is 1.